The fourth-order valence-corrected chi connectivity index (χ4v) is 3.72. The Hall–Kier alpha value is -2.63. The topological polar surface area (TPSA) is 17.3 Å². The van der Waals surface area contributed by atoms with Gasteiger partial charge in [0.05, 0.1) is 11.4 Å². The minimum Gasteiger partial charge on any atom is -0.299 e. The molecule has 0 amide bonds. The van der Waals surface area contributed by atoms with Crippen molar-refractivity contribution in [2.45, 2.75) is 45.2 Å². The zero-order valence-electron chi connectivity index (χ0n) is 16.0. The van der Waals surface area contributed by atoms with Crippen LogP contribution in [0.2, 0.25) is 0 Å². The van der Waals surface area contributed by atoms with Crippen LogP contribution in [-0.2, 0) is 5.41 Å². The van der Waals surface area contributed by atoms with Crippen molar-refractivity contribution in [1.82, 2.24) is 9.38 Å². The quantitative estimate of drug-likeness (QED) is 0.261. The van der Waals surface area contributed by atoms with E-state index in [0.717, 1.165) is 6.92 Å². The van der Waals surface area contributed by atoms with Crippen molar-refractivity contribution in [2.24, 2.45) is 0 Å². The molecule has 0 aliphatic rings. The van der Waals surface area contributed by atoms with E-state index < -0.39 is 23.3 Å². The molecular weight excluding hydrogens is 368 g/mol. The maximum absolute atomic E-state index is 15.6. The molecule has 0 fully saturated rings. The van der Waals surface area contributed by atoms with Gasteiger partial charge in [0.2, 0.25) is 0 Å². The maximum Gasteiger partial charge on any atom is 0.395 e. The molecule has 2 aromatic carbocycles. The summed E-state index contributed by atoms with van der Waals surface area (Å²) >= 11 is 0. The van der Waals surface area contributed by atoms with E-state index in [9.17, 15) is 13.2 Å². The van der Waals surface area contributed by atoms with E-state index in [0.29, 0.717) is 32.9 Å². The van der Waals surface area contributed by atoms with Gasteiger partial charge in [-0.1, -0.05) is 39.0 Å². The normalized spacial score (nSPS) is 14.3. The molecule has 0 aliphatic carbocycles. The predicted molar refractivity (Wildman–Crippen MR) is 103 cm³/mol. The number of hydrogen-bond donors (Lipinski definition) is 0. The number of pyridine rings is 1. The second kappa shape index (κ2) is 5.93. The fraction of sp³-hybridized carbons (Fsp3) is 0.318. The fourth-order valence-electron chi connectivity index (χ4n) is 3.72. The van der Waals surface area contributed by atoms with Crippen LogP contribution in [0.3, 0.4) is 0 Å². The molecule has 0 spiro atoms. The number of nitrogens with zero attached hydrogens (tertiary/aromatic N) is 2. The molecule has 2 nitrogen and oxygen atoms in total. The third-order valence-corrected chi connectivity index (χ3v) is 5.37. The highest BCUT2D eigenvalue weighted by Gasteiger charge is 2.37. The number of hydrogen-bond acceptors (Lipinski definition) is 1. The van der Waals surface area contributed by atoms with Crippen LogP contribution >= 0.6 is 0 Å². The predicted octanol–water partition coefficient (Wildman–Crippen LogP) is 6.74. The molecule has 2 aromatic heterocycles. The van der Waals surface area contributed by atoms with Gasteiger partial charge >= 0.3 is 6.18 Å². The third kappa shape index (κ3) is 2.74. The Labute approximate surface area is 159 Å². The summed E-state index contributed by atoms with van der Waals surface area (Å²) in [6, 6.07) is 8.08. The van der Waals surface area contributed by atoms with Crippen molar-refractivity contribution in [3.05, 3.63) is 59.7 Å². The first kappa shape index (κ1) is 18.7. The molecule has 146 valence electrons. The Morgan fingerprint density at radius 2 is 1.71 bits per heavy atom. The Balaban J connectivity index is 2.18. The average Bonchev–Trinajstić information content (AvgIpc) is 3.08. The molecule has 0 N–H and O–H groups in total. The molecule has 6 heteroatoms. The highest BCUT2D eigenvalue weighted by atomic mass is 19.4. The molecule has 0 saturated carbocycles. The highest BCUT2D eigenvalue weighted by Crippen LogP contribution is 2.39. The van der Waals surface area contributed by atoms with E-state index in [1.54, 1.807) is 35.0 Å². The van der Waals surface area contributed by atoms with Crippen LogP contribution < -0.4 is 0 Å². The summed E-state index contributed by atoms with van der Waals surface area (Å²) in [4.78, 5) is 4.34. The smallest absolute Gasteiger partial charge is 0.299 e. The van der Waals surface area contributed by atoms with Gasteiger partial charge in [-0.3, -0.25) is 4.40 Å². The number of rotatable bonds is 1. The SMILES string of the molecule is CC(c1ccc2c(c1)c1c(F)c(C(C)(C)C)ccc1c1nccn21)C(F)(F)F. The van der Waals surface area contributed by atoms with Crippen molar-refractivity contribution in [3.63, 3.8) is 0 Å². The second-order valence-corrected chi connectivity index (χ2v) is 8.26. The Bertz CT molecular complexity index is 1210. The van der Waals surface area contributed by atoms with Crippen LogP contribution in [0.4, 0.5) is 17.6 Å². The number of benzene rings is 2. The van der Waals surface area contributed by atoms with Crippen LogP contribution in [0, 0.1) is 5.82 Å². The summed E-state index contributed by atoms with van der Waals surface area (Å²) < 4.78 is 57.2. The summed E-state index contributed by atoms with van der Waals surface area (Å²) in [5, 5.41) is 1.36. The lowest BCUT2D eigenvalue weighted by molar-refractivity contribution is -0.146. The number of imidazole rings is 1. The lowest BCUT2D eigenvalue weighted by Gasteiger charge is -2.22. The summed E-state index contributed by atoms with van der Waals surface area (Å²) in [5.74, 6) is -2.04. The maximum atomic E-state index is 15.6. The molecule has 0 bridgehead atoms. The standard InChI is InChI=1S/C22H20F4N2/c1-12(22(24,25)26)13-5-8-17-15(11-13)18-14(20-27-9-10-28(17)20)6-7-16(19(18)23)21(2,3)4/h5-12H,1-4H3. The minimum absolute atomic E-state index is 0.112. The zero-order chi connectivity index (χ0) is 20.4. The summed E-state index contributed by atoms with van der Waals surface area (Å²) in [6.45, 7) is 6.84. The first-order valence-corrected chi connectivity index (χ1v) is 9.08. The number of alkyl halides is 3. The van der Waals surface area contributed by atoms with Crippen LogP contribution in [0.15, 0.2) is 42.7 Å². The number of halogens is 4. The van der Waals surface area contributed by atoms with Crippen molar-refractivity contribution in [2.75, 3.05) is 0 Å². The van der Waals surface area contributed by atoms with E-state index in [2.05, 4.69) is 4.98 Å². The van der Waals surface area contributed by atoms with Crippen LogP contribution in [0.1, 0.15) is 44.7 Å². The van der Waals surface area contributed by atoms with E-state index in [4.69, 9.17) is 0 Å². The van der Waals surface area contributed by atoms with Gasteiger partial charge in [-0.2, -0.15) is 13.2 Å². The zero-order valence-corrected chi connectivity index (χ0v) is 16.0. The molecular formula is C22H20F4N2. The van der Waals surface area contributed by atoms with Gasteiger partial charge in [-0.05, 0) is 35.6 Å². The summed E-state index contributed by atoms with van der Waals surface area (Å²) in [6.07, 6.45) is -1.02. The van der Waals surface area contributed by atoms with Crippen molar-refractivity contribution < 1.29 is 17.6 Å². The molecule has 1 unspecified atom stereocenters. The number of aromatic nitrogens is 2. The summed E-state index contributed by atoms with van der Waals surface area (Å²) in [5.41, 5.74) is 1.40. The lowest BCUT2D eigenvalue weighted by atomic mass is 9.84. The van der Waals surface area contributed by atoms with Crippen molar-refractivity contribution >= 4 is 27.3 Å². The van der Waals surface area contributed by atoms with Gasteiger partial charge in [-0.25, -0.2) is 9.37 Å². The molecule has 28 heavy (non-hydrogen) atoms. The van der Waals surface area contributed by atoms with Gasteiger partial charge in [-0.15, -0.1) is 0 Å². The van der Waals surface area contributed by atoms with E-state index in [1.165, 1.54) is 12.1 Å². The monoisotopic (exact) mass is 388 g/mol. The van der Waals surface area contributed by atoms with Gasteiger partial charge in [0.1, 0.15) is 11.5 Å². The lowest BCUT2D eigenvalue weighted by Crippen LogP contribution is -2.17. The van der Waals surface area contributed by atoms with E-state index in [-0.39, 0.29) is 5.56 Å². The van der Waals surface area contributed by atoms with Gasteiger partial charge in [0.15, 0.2) is 0 Å². The Morgan fingerprint density at radius 1 is 1.00 bits per heavy atom. The van der Waals surface area contributed by atoms with Gasteiger partial charge < -0.3 is 0 Å². The van der Waals surface area contributed by atoms with Crippen molar-refractivity contribution in [1.29, 1.82) is 0 Å². The minimum atomic E-state index is -4.36. The van der Waals surface area contributed by atoms with Crippen LogP contribution in [0.25, 0.3) is 27.3 Å². The molecule has 2 heterocycles. The molecule has 0 aliphatic heterocycles. The van der Waals surface area contributed by atoms with E-state index in [1.807, 2.05) is 20.8 Å². The van der Waals surface area contributed by atoms with Crippen LogP contribution in [0.5, 0.6) is 0 Å². The number of fused-ring (bicyclic) bond motifs is 6. The largest absolute Gasteiger partial charge is 0.395 e. The van der Waals surface area contributed by atoms with Crippen molar-refractivity contribution in [3.8, 4) is 0 Å². The average molecular weight is 388 g/mol. The van der Waals surface area contributed by atoms with Gasteiger partial charge in [0.25, 0.3) is 0 Å². The summed E-state index contributed by atoms with van der Waals surface area (Å²) in [7, 11) is 0. The Kier molecular flexibility index (Phi) is 3.97. The molecule has 0 saturated heterocycles. The Morgan fingerprint density at radius 3 is 2.36 bits per heavy atom. The first-order chi connectivity index (χ1) is 13.0. The highest BCUT2D eigenvalue weighted by molar-refractivity contribution is 6.12. The first-order valence-electron chi connectivity index (χ1n) is 9.08. The van der Waals surface area contributed by atoms with Crippen LogP contribution in [-0.4, -0.2) is 15.6 Å². The molecule has 0 radical (unpaired) electrons. The molecule has 4 aromatic rings. The van der Waals surface area contributed by atoms with Gasteiger partial charge in [0, 0.05) is 28.6 Å². The molecule has 4 rings (SSSR count). The molecule has 1 atom stereocenters. The second-order valence-electron chi connectivity index (χ2n) is 8.26. The van der Waals surface area contributed by atoms with E-state index >= 15 is 4.39 Å². The third-order valence-electron chi connectivity index (χ3n) is 5.37.